The summed E-state index contributed by atoms with van der Waals surface area (Å²) >= 11 is 1.23. The molecule has 0 saturated carbocycles. The number of fused-ring (bicyclic) bond motifs is 1. The Kier molecular flexibility index (Phi) is 2.90. The van der Waals surface area contributed by atoms with Gasteiger partial charge >= 0.3 is 10.5 Å². The van der Waals surface area contributed by atoms with Crippen LogP contribution in [-0.4, -0.2) is 27.3 Å². The van der Waals surface area contributed by atoms with Crippen LogP contribution >= 0.6 is 11.3 Å². The Morgan fingerprint density at radius 1 is 1.62 bits per heavy atom. The third-order valence-electron chi connectivity index (χ3n) is 2.17. The Bertz CT molecular complexity index is 562. The molecule has 2 rings (SSSR count). The second kappa shape index (κ2) is 4.20. The summed E-state index contributed by atoms with van der Waals surface area (Å²) in [6.07, 6.45) is 0.546. The molecule has 0 saturated heterocycles. The van der Waals surface area contributed by atoms with Crippen molar-refractivity contribution in [2.24, 2.45) is 0 Å². The summed E-state index contributed by atoms with van der Waals surface area (Å²) in [7, 11) is 0. The van der Waals surface area contributed by atoms with Crippen molar-refractivity contribution in [3.8, 4) is 5.88 Å². The van der Waals surface area contributed by atoms with Gasteiger partial charge in [0.2, 0.25) is 0 Å². The molecule has 0 spiro atoms. The predicted molar refractivity (Wildman–Crippen MR) is 54.3 cm³/mol. The minimum absolute atomic E-state index is 0.0281. The standard InChI is InChI=1S/C9H10N2O4S/c12-5-6(13)4-11-8(15)3-7(14)10-1-2-16-9(10)11/h1-3,6,12-13H,4-5H2. The monoisotopic (exact) mass is 242 g/mol. The summed E-state index contributed by atoms with van der Waals surface area (Å²) in [5, 5.41) is 31.3. The maximum absolute atomic E-state index is 11.6. The number of hydrogen-bond acceptors (Lipinski definition) is 5. The zero-order valence-electron chi connectivity index (χ0n) is 8.24. The summed E-state index contributed by atoms with van der Waals surface area (Å²) in [6.45, 7) is -0.456. The van der Waals surface area contributed by atoms with Crippen LogP contribution in [0.25, 0.3) is 4.96 Å². The van der Waals surface area contributed by atoms with E-state index in [1.54, 1.807) is 11.6 Å². The summed E-state index contributed by atoms with van der Waals surface area (Å²) in [6, 6.07) is 0.962. The van der Waals surface area contributed by atoms with Crippen molar-refractivity contribution < 1.29 is 19.9 Å². The molecule has 2 aromatic heterocycles. The highest BCUT2D eigenvalue weighted by molar-refractivity contribution is 7.14. The second-order valence-corrected chi connectivity index (χ2v) is 4.20. The van der Waals surface area contributed by atoms with Crippen molar-refractivity contribution in [2.45, 2.75) is 12.6 Å². The summed E-state index contributed by atoms with van der Waals surface area (Å²) in [5.74, 6) is -0.472. The lowest BCUT2D eigenvalue weighted by Gasteiger charge is -2.12. The first-order valence-corrected chi connectivity index (χ1v) is 5.50. The predicted octanol–water partition coefficient (Wildman–Crippen LogP) is -1.92. The number of rotatable bonds is 3. The van der Waals surface area contributed by atoms with Crippen LogP contribution in [0.1, 0.15) is 0 Å². The molecule has 16 heavy (non-hydrogen) atoms. The van der Waals surface area contributed by atoms with Crippen LogP contribution in [-0.2, 0) is 6.54 Å². The fourth-order valence-corrected chi connectivity index (χ4v) is 2.28. The summed E-state index contributed by atoms with van der Waals surface area (Å²) in [5.41, 5.74) is -0.393. The van der Waals surface area contributed by atoms with Crippen LogP contribution in [0.2, 0.25) is 0 Å². The zero-order chi connectivity index (χ0) is 11.7. The van der Waals surface area contributed by atoms with Gasteiger partial charge in [0.1, 0.15) is 18.8 Å². The van der Waals surface area contributed by atoms with E-state index in [9.17, 15) is 15.0 Å². The van der Waals surface area contributed by atoms with Gasteiger partial charge in [-0.1, -0.05) is 11.3 Å². The molecule has 1 unspecified atom stereocenters. The molecule has 1 atom stereocenters. The maximum Gasteiger partial charge on any atom is 0.348 e. The highest BCUT2D eigenvalue weighted by Crippen LogP contribution is 2.06. The Hall–Kier alpha value is -1.44. The van der Waals surface area contributed by atoms with E-state index < -0.39 is 24.2 Å². The van der Waals surface area contributed by atoms with E-state index in [1.807, 2.05) is 0 Å². The van der Waals surface area contributed by atoms with Crippen molar-refractivity contribution >= 4 is 16.3 Å². The lowest BCUT2D eigenvalue weighted by molar-refractivity contribution is -0.720. The van der Waals surface area contributed by atoms with Gasteiger partial charge in [0.25, 0.3) is 0 Å². The molecule has 6 nitrogen and oxygen atoms in total. The third kappa shape index (κ3) is 1.80. The minimum atomic E-state index is -1.01. The Morgan fingerprint density at radius 2 is 2.38 bits per heavy atom. The quantitative estimate of drug-likeness (QED) is 0.614. The van der Waals surface area contributed by atoms with Gasteiger partial charge in [0.15, 0.2) is 0 Å². The largest absolute Gasteiger partial charge is 0.842 e. The topological polar surface area (TPSA) is 88.9 Å². The number of aromatic nitrogens is 2. The average molecular weight is 242 g/mol. The van der Waals surface area contributed by atoms with E-state index in [1.165, 1.54) is 20.3 Å². The smallest absolute Gasteiger partial charge is 0.348 e. The van der Waals surface area contributed by atoms with Crippen LogP contribution in [0, 0.1) is 0 Å². The van der Waals surface area contributed by atoms with E-state index in [0.29, 0.717) is 4.96 Å². The van der Waals surface area contributed by atoms with E-state index in [2.05, 4.69) is 0 Å². The van der Waals surface area contributed by atoms with Crippen molar-refractivity contribution in [3.63, 3.8) is 0 Å². The number of aliphatic hydroxyl groups excluding tert-OH is 2. The van der Waals surface area contributed by atoms with Gasteiger partial charge < -0.3 is 15.3 Å². The lowest BCUT2D eigenvalue weighted by atomic mass is 10.4. The Balaban J connectivity index is 2.59. The van der Waals surface area contributed by atoms with Gasteiger partial charge in [-0.25, -0.2) is 9.36 Å². The number of aliphatic hydroxyl groups is 2. The van der Waals surface area contributed by atoms with Crippen LogP contribution in [0.15, 0.2) is 22.4 Å². The summed E-state index contributed by atoms with van der Waals surface area (Å²) < 4.78 is 2.60. The lowest BCUT2D eigenvalue weighted by Crippen LogP contribution is -2.46. The van der Waals surface area contributed by atoms with E-state index in [4.69, 9.17) is 5.11 Å². The number of hydrogen-bond donors (Lipinski definition) is 2. The first-order chi connectivity index (χ1) is 7.63. The Labute approximate surface area is 94.3 Å². The average Bonchev–Trinajstić information content (AvgIpc) is 2.73. The van der Waals surface area contributed by atoms with Crippen molar-refractivity contribution in [1.82, 2.24) is 4.40 Å². The minimum Gasteiger partial charge on any atom is -0.842 e. The normalized spacial score (nSPS) is 13.1. The molecule has 86 valence electrons. The molecule has 0 bridgehead atoms. The SMILES string of the molecule is O=c1cc([O-])[n+](CC(O)CO)c2sccn12. The highest BCUT2D eigenvalue weighted by Gasteiger charge is 2.16. The number of thiazole rings is 1. The molecule has 0 aliphatic carbocycles. The molecule has 0 aliphatic rings. The molecule has 2 N–H and O–H groups in total. The van der Waals surface area contributed by atoms with E-state index in [-0.39, 0.29) is 6.54 Å². The van der Waals surface area contributed by atoms with Crippen molar-refractivity contribution in [3.05, 3.63) is 28.0 Å². The van der Waals surface area contributed by atoms with Gasteiger partial charge in [-0.3, -0.25) is 0 Å². The van der Waals surface area contributed by atoms with Crippen molar-refractivity contribution in [1.29, 1.82) is 0 Å². The van der Waals surface area contributed by atoms with Gasteiger partial charge in [-0.05, 0) is 0 Å². The molecular formula is C9H10N2O4S. The third-order valence-corrected chi connectivity index (χ3v) is 3.06. The molecular weight excluding hydrogens is 232 g/mol. The van der Waals surface area contributed by atoms with Crippen LogP contribution in [0.4, 0.5) is 0 Å². The second-order valence-electron chi connectivity index (χ2n) is 3.32. The van der Waals surface area contributed by atoms with Crippen LogP contribution < -0.4 is 15.2 Å². The van der Waals surface area contributed by atoms with Gasteiger partial charge in [0.05, 0.1) is 18.6 Å². The number of nitrogens with zero attached hydrogens (tertiary/aromatic N) is 2. The first-order valence-electron chi connectivity index (χ1n) is 4.62. The van der Waals surface area contributed by atoms with Gasteiger partial charge in [-0.15, -0.1) is 0 Å². The Morgan fingerprint density at radius 3 is 3.06 bits per heavy atom. The first kappa shape index (κ1) is 11.1. The molecule has 2 aromatic rings. The van der Waals surface area contributed by atoms with Gasteiger partial charge in [-0.2, -0.15) is 4.40 Å². The van der Waals surface area contributed by atoms with E-state index >= 15 is 0 Å². The van der Waals surface area contributed by atoms with Gasteiger partial charge in [0, 0.05) is 5.38 Å². The molecule has 0 aliphatic heterocycles. The van der Waals surface area contributed by atoms with Crippen LogP contribution in [0.3, 0.4) is 0 Å². The molecule has 7 heteroatoms. The molecule has 2 heterocycles. The molecule has 0 fully saturated rings. The molecule has 0 aromatic carbocycles. The maximum atomic E-state index is 11.6. The zero-order valence-corrected chi connectivity index (χ0v) is 9.05. The van der Waals surface area contributed by atoms with Crippen LogP contribution in [0.5, 0.6) is 5.88 Å². The highest BCUT2D eigenvalue weighted by atomic mass is 32.1. The molecule has 0 radical (unpaired) electrons. The molecule has 0 amide bonds. The fraction of sp³-hybridized carbons (Fsp3) is 0.333. The van der Waals surface area contributed by atoms with Crippen molar-refractivity contribution in [2.75, 3.05) is 6.61 Å². The summed E-state index contributed by atoms with van der Waals surface area (Å²) in [4.78, 5) is 11.9. The fourth-order valence-electron chi connectivity index (χ4n) is 1.42. The van der Waals surface area contributed by atoms with E-state index in [0.717, 1.165) is 6.07 Å².